The molecule has 2 N–H and O–H groups in total. The highest BCUT2D eigenvalue weighted by Crippen LogP contribution is 2.11. The lowest BCUT2D eigenvalue weighted by Gasteiger charge is -2.09. The van der Waals surface area contributed by atoms with Gasteiger partial charge in [-0.25, -0.2) is 0 Å². The van der Waals surface area contributed by atoms with Gasteiger partial charge < -0.3 is 10.4 Å². The van der Waals surface area contributed by atoms with E-state index in [9.17, 15) is 9.59 Å². The van der Waals surface area contributed by atoms with Crippen LogP contribution in [-0.4, -0.2) is 23.0 Å². The number of aliphatic carboxylic acids is 1. The maximum absolute atomic E-state index is 11.9. The number of unbranched alkanes of at least 4 members (excludes halogenated alkanes) is 5. The van der Waals surface area contributed by atoms with Crippen LogP contribution in [0.15, 0.2) is 24.3 Å². The van der Waals surface area contributed by atoms with E-state index < -0.39 is 12.0 Å². The van der Waals surface area contributed by atoms with Crippen molar-refractivity contribution in [3.8, 4) is 0 Å². The molecule has 0 bridgehead atoms. The summed E-state index contributed by atoms with van der Waals surface area (Å²) < 4.78 is 0. The summed E-state index contributed by atoms with van der Waals surface area (Å²) in [6, 6.07) is 6.54. The van der Waals surface area contributed by atoms with Crippen LogP contribution >= 0.6 is 0 Å². The van der Waals surface area contributed by atoms with Crippen LogP contribution in [0.25, 0.3) is 0 Å². The highest BCUT2D eigenvalue weighted by Gasteiger charge is 2.14. The van der Waals surface area contributed by atoms with Crippen LogP contribution in [-0.2, 0) is 11.2 Å². The van der Waals surface area contributed by atoms with E-state index in [0.29, 0.717) is 5.56 Å². The molecule has 0 radical (unpaired) electrons. The largest absolute Gasteiger partial charge is 0.480 e. The predicted molar refractivity (Wildman–Crippen MR) is 88.1 cm³/mol. The van der Waals surface area contributed by atoms with E-state index in [-0.39, 0.29) is 5.91 Å². The molecule has 1 aromatic rings. The van der Waals surface area contributed by atoms with E-state index in [4.69, 9.17) is 5.11 Å². The number of amides is 1. The van der Waals surface area contributed by atoms with Gasteiger partial charge in [0.2, 0.25) is 0 Å². The topological polar surface area (TPSA) is 66.4 Å². The quantitative estimate of drug-likeness (QED) is 0.646. The van der Waals surface area contributed by atoms with E-state index in [1.165, 1.54) is 51.0 Å². The number of hydrogen-bond donors (Lipinski definition) is 2. The van der Waals surface area contributed by atoms with Crippen molar-refractivity contribution >= 4 is 11.9 Å². The molecular formula is C18H27NO3. The molecule has 1 atom stereocenters. The Morgan fingerprint density at radius 3 is 2.23 bits per heavy atom. The first kappa shape index (κ1) is 18.2. The van der Waals surface area contributed by atoms with Crippen molar-refractivity contribution in [2.75, 3.05) is 0 Å². The molecule has 1 rings (SSSR count). The van der Waals surface area contributed by atoms with Gasteiger partial charge in [-0.3, -0.25) is 9.59 Å². The van der Waals surface area contributed by atoms with E-state index in [1.54, 1.807) is 12.1 Å². The highest BCUT2D eigenvalue weighted by molar-refractivity contribution is 5.96. The molecule has 1 amide bonds. The van der Waals surface area contributed by atoms with Gasteiger partial charge in [-0.2, -0.15) is 0 Å². The first-order valence-corrected chi connectivity index (χ1v) is 8.17. The highest BCUT2D eigenvalue weighted by atomic mass is 16.4. The fourth-order valence-electron chi connectivity index (χ4n) is 2.27. The third-order valence-corrected chi connectivity index (χ3v) is 3.75. The Kier molecular flexibility index (Phi) is 8.26. The summed E-state index contributed by atoms with van der Waals surface area (Å²) in [5.41, 5.74) is 1.72. The first-order valence-electron chi connectivity index (χ1n) is 8.17. The molecular weight excluding hydrogens is 278 g/mol. The molecule has 0 fully saturated rings. The summed E-state index contributed by atoms with van der Waals surface area (Å²) in [6.45, 7) is 3.67. The average Bonchev–Trinajstić information content (AvgIpc) is 2.51. The SMILES string of the molecule is CCCCCCCCc1ccc(C(=O)NC(C)C(=O)O)cc1. The average molecular weight is 305 g/mol. The van der Waals surface area contributed by atoms with Crippen molar-refractivity contribution in [3.05, 3.63) is 35.4 Å². The Balaban J connectivity index is 2.36. The Morgan fingerprint density at radius 1 is 1.05 bits per heavy atom. The normalized spacial score (nSPS) is 11.9. The lowest BCUT2D eigenvalue weighted by atomic mass is 10.0. The second kappa shape index (κ2) is 9.98. The summed E-state index contributed by atoms with van der Waals surface area (Å²) in [6.07, 6.45) is 8.64. The second-order valence-electron chi connectivity index (χ2n) is 5.75. The molecule has 0 aromatic heterocycles. The van der Waals surface area contributed by atoms with Crippen molar-refractivity contribution in [1.82, 2.24) is 5.32 Å². The number of nitrogens with one attached hydrogen (secondary N) is 1. The van der Waals surface area contributed by atoms with Crippen molar-refractivity contribution in [1.29, 1.82) is 0 Å². The Morgan fingerprint density at radius 2 is 1.64 bits per heavy atom. The van der Waals surface area contributed by atoms with Gasteiger partial charge in [0.05, 0.1) is 0 Å². The van der Waals surface area contributed by atoms with Crippen LogP contribution in [0.1, 0.15) is 68.3 Å². The maximum atomic E-state index is 11.9. The number of carbonyl (C=O) groups is 2. The summed E-state index contributed by atoms with van der Waals surface area (Å²) >= 11 is 0. The molecule has 0 saturated carbocycles. The van der Waals surface area contributed by atoms with E-state index in [0.717, 1.165) is 6.42 Å². The summed E-state index contributed by atoms with van der Waals surface area (Å²) in [4.78, 5) is 22.6. The molecule has 0 saturated heterocycles. The molecule has 0 aliphatic rings. The number of benzene rings is 1. The number of carboxylic acid groups (broad SMARTS) is 1. The minimum absolute atomic E-state index is 0.346. The molecule has 4 heteroatoms. The van der Waals surface area contributed by atoms with Crippen molar-refractivity contribution < 1.29 is 14.7 Å². The van der Waals surface area contributed by atoms with Gasteiger partial charge >= 0.3 is 5.97 Å². The van der Waals surface area contributed by atoms with Gasteiger partial charge in [-0.15, -0.1) is 0 Å². The maximum Gasteiger partial charge on any atom is 0.325 e. The van der Waals surface area contributed by atoms with E-state index in [1.807, 2.05) is 12.1 Å². The lowest BCUT2D eigenvalue weighted by molar-refractivity contribution is -0.138. The zero-order valence-corrected chi connectivity index (χ0v) is 13.6. The summed E-state index contributed by atoms with van der Waals surface area (Å²) in [5, 5.41) is 11.2. The summed E-state index contributed by atoms with van der Waals surface area (Å²) in [7, 11) is 0. The summed E-state index contributed by atoms with van der Waals surface area (Å²) in [5.74, 6) is -1.38. The second-order valence-corrected chi connectivity index (χ2v) is 5.75. The van der Waals surface area contributed by atoms with Gasteiger partial charge in [0, 0.05) is 5.56 Å². The monoisotopic (exact) mass is 305 g/mol. The predicted octanol–water partition coefficient (Wildman–Crippen LogP) is 3.79. The number of aryl methyl sites for hydroxylation is 1. The minimum Gasteiger partial charge on any atom is -0.480 e. The van der Waals surface area contributed by atoms with Crippen LogP contribution < -0.4 is 5.32 Å². The van der Waals surface area contributed by atoms with E-state index in [2.05, 4.69) is 12.2 Å². The van der Waals surface area contributed by atoms with Crippen molar-refractivity contribution in [3.63, 3.8) is 0 Å². The zero-order valence-electron chi connectivity index (χ0n) is 13.6. The van der Waals surface area contributed by atoms with Gasteiger partial charge in [0.25, 0.3) is 5.91 Å². The molecule has 0 heterocycles. The van der Waals surface area contributed by atoms with Crippen LogP contribution in [0.4, 0.5) is 0 Å². The standard InChI is InChI=1S/C18H27NO3/c1-3-4-5-6-7-8-9-15-10-12-16(13-11-15)17(20)19-14(2)18(21)22/h10-14H,3-9H2,1-2H3,(H,19,20)(H,21,22). The molecule has 0 aliphatic heterocycles. The van der Waals surface area contributed by atoms with Crippen LogP contribution in [0.3, 0.4) is 0 Å². The Hall–Kier alpha value is -1.84. The molecule has 122 valence electrons. The number of hydrogen-bond acceptors (Lipinski definition) is 2. The van der Waals surface area contributed by atoms with Crippen molar-refractivity contribution in [2.45, 2.75) is 64.8 Å². The van der Waals surface area contributed by atoms with Crippen LogP contribution in [0, 0.1) is 0 Å². The molecule has 0 spiro atoms. The Bertz CT molecular complexity index is 468. The molecule has 4 nitrogen and oxygen atoms in total. The third-order valence-electron chi connectivity index (χ3n) is 3.75. The molecule has 22 heavy (non-hydrogen) atoms. The zero-order chi connectivity index (χ0) is 16.4. The Labute approximate surface area is 132 Å². The number of carboxylic acids is 1. The van der Waals surface area contributed by atoms with Crippen LogP contribution in [0.5, 0.6) is 0 Å². The van der Waals surface area contributed by atoms with Gasteiger partial charge in [-0.1, -0.05) is 51.2 Å². The van der Waals surface area contributed by atoms with Crippen LogP contribution in [0.2, 0.25) is 0 Å². The van der Waals surface area contributed by atoms with Gasteiger partial charge in [0.1, 0.15) is 6.04 Å². The fraction of sp³-hybridized carbons (Fsp3) is 0.556. The molecule has 1 aromatic carbocycles. The third kappa shape index (κ3) is 6.74. The van der Waals surface area contributed by atoms with Gasteiger partial charge in [0.15, 0.2) is 0 Å². The molecule has 0 aliphatic carbocycles. The van der Waals surface area contributed by atoms with Crippen molar-refractivity contribution in [2.24, 2.45) is 0 Å². The smallest absolute Gasteiger partial charge is 0.325 e. The number of rotatable bonds is 10. The van der Waals surface area contributed by atoms with Gasteiger partial charge in [-0.05, 0) is 37.5 Å². The number of carbonyl (C=O) groups excluding carboxylic acids is 1. The molecule has 1 unspecified atom stereocenters. The fourth-order valence-corrected chi connectivity index (χ4v) is 2.27. The minimum atomic E-state index is -1.03. The van der Waals surface area contributed by atoms with E-state index >= 15 is 0 Å². The lowest BCUT2D eigenvalue weighted by Crippen LogP contribution is -2.38. The first-order chi connectivity index (χ1) is 10.5.